The summed E-state index contributed by atoms with van der Waals surface area (Å²) in [6.07, 6.45) is 0. The van der Waals surface area contributed by atoms with E-state index in [1.54, 1.807) is 0 Å². The molecule has 1 rings (SSSR count). The quantitative estimate of drug-likeness (QED) is 0.452. The molecule has 0 heterocycles. The molecule has 0 aliphatic heterocycles. The highest BCUT2D eigenvalue weighted by atomic mass is 35.7. The molecule has 0 saturated carbocycles. The molecule has 0 fully saturated rings. The number of rotatable bonds is 6. The Labute approximate surface area is 128 Å². The van der Waals surface area contributed by atoms with Crippen molar-refractivity contribution in [3.05, 3.63) is 34.4 Å². The Morgan fingerprint density at radius 2 is 1.81 bits per heavy atom. The second-order valence-electron chi connectivity index (χ2n) is 5.83. The van der Waals surface area contributed by atoms with E-state index in [2.05, 4.69) is 0 Å². The second kappa shape index (κ2) is 6.62. The van der Waals surface area contributed by atoms with Gasteiger partial charge in [-0.05, 0) is 17.5 Å². The standard InChI is InChI=1S/C13H18ClNO5S/c1-13(2,3)10(9-21(14,18)19)8-20-12-6-4-11(5-7-12)15(16)17/h4-7,10H,8-9H2,1-3H3. The van der Waals surface area contributed by atoms with E-state index < -0.39 is 14.0 Å². The number of non-ortho nitro benzene ring substituents is 1. The lowest BCUT2D eigenvalue weighted by atomic mass is 9.82. The zero-order valence-electron chi connectivity index (χ0n) is 12.1. The predicted molar refractivity (Wildman–Crippen MR) is 81.2 cm³/mol. The Hall–Kier alpha value is -1.34. The van der Waals surface area contributed by atoms with Crippen LogP contribution < -0.4 is 4.74 Å². The van der Waals surface area contributed by atoms with Crippen molar-refractivity contribution in [3.63, 3.8) is 0 Å². The minimum Gasteiger partial charge on any atom is -0.493 e. The van der Waals surface area contributed by atoms with Crippen molar-refractivity contribution in [2.45, 2.75) is 20.8 Å². The SMILES string of the molecule is CC(C)(C)C(COc1ccc([N+](=O)[O-])cc1)CS(=O)(=O)Cl. The molecule has 0 aliphatic rings. The molecule has 0 aliphatic carbocycles. The summed E-state index contributed by atoms with van der Waals surface area (Å²) in [5.41, 5.74) is -0.332. The first kappa shape index (κ1) is 17.7. The number of hydrogen-bond acceptors (Lipinski definition) is 5. The molecular weight excluding hydrogens is 318 g/mol. The molecule has 0 saturated heterocycles. The van der Waals surface area contributed by atoms with Crippen LogP contribution in [-0.2, 0) is 9.05 Å². The molecule has 0 amide bonds. The van der Waals surface area contributed by atoms with Crippen molar-refractivity contribution >= 4 is 25.4 Å². The van der Waals surface area contributed by atoms with Gasteiger partial charge in [0, 0.05) is 28.7 Å². The largest absolute Gasteiger partial charge is 0.493 e. The lowest BCUT2D eigenvalue weighted by molar-refractivity contribution is -0.384. The van der Waals surface area contributed by atoms with Crippen LogP contribution in [0.5, 0.6) is 5.75 Å². The molecule has 0 spiro atoms. The summed E-state index contributed by atoms with van der Waals surface area (Å²) < 4.78 is 28.0. The number of ether oxygens (including phenoxy) is 1. The van der Waals surface area contributed by atoms with Crippen molar-refractivity contribution in [2.75, 3.05) is 12.4 Å². The van der Waals surface area contributed by atoms with E-state index in [1.165, 1.54) is 24.3 Å². The number of halogens is 1. The Morgan fingerprint density at radius 3 is 2.19 bits per heavy atom. The highest BCUT2D eigenvalue weighted by Crippen LogP contribution is 2.29. The second-order valence-corrected chi connectivity index (χ2v) is 8.65. The van der Waals surface area contributed by atoms with E-state index in [-0.39, 0.29) is 29.4 Å². The number of hydrogen-bond donors (Lipinski definition) is 0. The molecule has 1 atom stereocenters. The first-order valence-electron chi connectivity index (χ1n) is 6.28. The van der Waals surface area contributed by atoms with Gasteiger partial charge in [-0.25, -0.2) is 8.42 Å². The average molecular weight is 336 g/mol. The minimum atomic E-state index is -3.63. The molecule has 0 bridgehead atoms. The smallest absolute Gasteiger partial charge is 0.269 e. The van der Waals surface area contributed by atoms with Gasteiger partial charge in [0.05, 0.1) is 17.3 Å². The number of nitro groups is 1. The van der Waals surface area contributed by atoms with Crippen molar-refractivity contribution in [3.8, 4) is 5.75 Å². The van der Waals surface area contributed by atoms with Crippen molar-refractivity contribution in [1.82, 2.24) is 0 Å². The molecule has 21 heavy (non-hydrogen) atoms. The van der Waals surface area contributed by atoms with Gasteiger partial charge >= 0.3 is 0 Å². The highest BCUT2D eigenvalue weighted by Gasteiger charge is 2.29. The van der Waals surface area contributed by atoms with Gasteiger partial charge in [-0.15, -0.1) is 0 Å². The first-order valence-corrected chi connectivity index (χ1v) is 8.76. The summed E-state index contributed by atoms with van der Waals surface area (Å²) in [7, 11) is 1.69. The maximum Gasteiger partial charge on any atom is 0.269 e. The average Bonchev–Trinajstić information content (AvgIpc) is 2.32. The van der Waals surface area contributed by atoms with E-state index >= 15 is 0 Å². The van der Waals surface area contributed by atoms with Gasteiger partial charge in [0.15, 0.2) is 0 Å². The topological polar surface area (TPSA) is 86.5 Å². The van der Waals surface area contributed by atoms with Crippen LogP contribution in [0.2, 0.25) is 0 Å². The molecule has 0 N–H and O–H groups in total. The van der Waals surface area contributed by atoms with E-state index in [0.29, 0.717) is 5.75 Å². The van der Waals surface area contributed by atoms with Crippen LogP contribution in [0, 0.1) is 21.4 Å². The van der Waals surface area contributed by atoms with Gasteiger partial charge in [-0.1, -0.05) is 20.8 Å². The van der Waals surface area contributed by atoms with Gasteiger partial charge in [-0.2, -0.15) is 0 Å². The van der Waals surface area contributed by atoms with Crippen molar-refractivity contribution < 1.29 is 18.1 Å². The van der Waals surface area contributed by atoms with Crippen LogP contribution in [0.25, 0.3) is 0 Å². The van der Waals surface area contributed by atoms with E-state index in [0.717, 1.165) is 0 Å². The molecule has 8 heteroatoms. The number of nitrogens with zero attached hydrogens (tertiary/aromatic N) is 1. The zero-order chi connectivity index (χ0) is 16.3. The third-order valence-electron chi connectivity index (χ3n) is 3.12. The lowest BCUT2D eigenvalue weighted by Gasteiger charge is -2.29. The van der Waals surface area contributed by atoms with Crippen LogP contribution in [0.4, 0.5) is 5.69 Å². The summed E-state index contributed by atoms with van der Waals surface area (Å²) in [5.74, 6) is -0.0394. The summed E-state index contributed by atoms with van der Waals surface area (Å²) in [5, 5.41) is 10.5. The third-order valence-corrected chi connectivity index (χ3v) is 4.30. The number of nitro benzene ring substituents is 1. The monoisotopic (exact) mass is 335 g/mol. The van der Waals surface area contributed by atoms with Crippen LogP contribution in [0.1, 0.15) is 20.8 Å². The van der Waals surface area contributed by atoms with E-state index in [1.807, 2.05) is 20.8 Å². The molecule has 6 nitrogen and oxygen atoms in total. The molecule has 118 valence electrons. The molecule has 0 aromatic heterocycles. The Morgan fingerprint density at radius 1 is 1.29 bits per heavy atom. The minimum absolute atomic E-state index is 0.0296. The molecule has 1 unspecified atom stereocenters. The lowest BCUT2D eigenvalue weighted by Crippen LogP contribution is -2.31. The highest BCUT2D eigenvalue weighted by molar-refractivity contribution is 8.13. The van der Waals surface area contributed by atoms with Gasteiger partial charge < -0.3 is 4.74 Å². The summed E-state index contributed by atoms with van der Waals surface area (Å²) in [6, 6.07) is 5.62. The molecular formula is C13H18ClNO5S. The van der Waals surface area contributed by atoms with E-state index in [9.17, 15) is 18.5 Å². The Kier molecular flexibility index (Phi) is 5.58. The zero-order valence-corrected chi connectivity index (χ0v) is 13.6. The molecule has 0 radical (unpaired) electrons. The van der Waals surface area contributed by atoms with Crippen LogP contribution in [0.15, 0.2) is 24.3 Å². The number of benzene rings is 1. The van der Waals surface area contributed by atoms with Crippen LogP contribution in [0.3, 0.4) is 0 Å². The normalized spacial score (nSPS) is 13.7. The summed E-state index contributed by atoms with van der Waals surface area (Å²) >= 11 is 0. The van der Waals surface area contributed by atoms with Gasteiger partial charge in [0.1, 0.15) is 5.75 Å². The van der Waals surface area contributed by atoms with E-state index in [4.69, 9.17) is 15.4 Å². The van der Waals surface area contributed by atoms with Gasteiger partial charge in [-0.3, -0.25) is 10.1 Å². The summed E-state index contributed by atoms with van der Waals surface area (Å²) in [6.45, 7) is 5.87. The molecule has 1 aromatic carbocycles. The fraction of sp³-hybridized carbons (Fsp3) is 0.538. The maximum absolute atomic E-state index is 11.3. The van der Waals surface area contributed by atoms with Crippen molar-refractivity contribution in [2.24, 2.45) is 11.3 Å². The Balaban J connectivity index is 2.75. The Bertz CT molecular complexity index is 592. The third kappa shape index (κ3) is 6.31. The van der Waals surface area contributed by atoms with Gasteiger partial charge in [0.2, 0.25) is 9.05 Å². The summed E-state index contributed by atoms with van der Waals surface area (Å²) in [4.78, 5) is 10.1. The van der Waals surface area contributed by atoms with Gasteiger partial charge in [0.25, 0.3) is 5.69 Å². The van der Waals surface area contributed by atoms with Crippen LogP contribution in [-0.4, -0.2) is 25.7 Å². The van der Waals surface area contributed by atoms with Crippen LogP contribution >= 0.6 is 10.7 Å². The fourth-order valence-electron chi connectivity index (χ4n) is 1.65. The maximum atomic E-state index is 11.3. The first-order chi connectivity index (χ1) is 9.49. The van der Waals surface area contributed by atoms with Crippen molar-refractivity contribution in [1.29, 1.82) is 0 Å². The fourth-order valence-corrected chi connectivity index (χ4v) is 3.18. The predicted octanol–water partition coefficient (Wildman–Crippen LogP) is 3.20. The molecule has 1 aromatic rings.